The molecule has 3 aromatic rings. The van der Waals surface area contributed by atoms with Gasteiger partial charge in [0.2, 0.25) is 0 Å². The van der Waals surface area contributed by atoms with Crippen LogP contribution in [0.5, 0.6) is 0 Å². The van der Waals surface area contributed by atoms with E-state index in [2.05, 4.69) is 0 Å². The van der Waals surface area contributed by atoms with E-state index < -0.39 is 24.8 Å². The summed E-state index contributed by atoms with van der Waals surface area (Å²) >= 11 is 0. The third-order valence-electron chi connectivity index (χ3n) is 6.16. The first-order valence-corrected chi connectivity index (χ1v) is 11.6. The van der Waals surface area contributed by atoms with Crippen molar-refractivity contribution in [1.82, 2.24) is 0 Å². The van der Waals surface area contributed by atoms with E-state index in [-0.39, 0.29) is 12.2 Å². The molecule has 2 aliphatic heterocycles. The Morgan fingerprint density at radius 1 is 0.706 bits per heavy atom. The third kappa shape index (κ3) is 5.39. The molecule has 178 valence electrons. The molecule has 0 spiro atoms. The molecule has 2 saturated heterocycles. The highest BCUT2D eigenvalue weighted by Gasteiger charge is 2.51. The van der Waals surface area contributed by atoms with Crippen molar-refractivity contribution in [3.05, 3.63) is 108 Å². The predicted molar refractivity (Wildman–Crippen MR) is 126 cm³/mol. The number of methoxy groups -OCH3 is 1. The zero-order chi connectivity index (χ0) is 23.2. The van der Waals surface area contributed by atoms with Gasteiger partial charge in [-0.1, -0.05) is 91.0 Å². The van der Waals surface area contributed by atoms with Crippen LogP contribution in [0.2, 0.25) is 0 Å². The molecule has 0 aliphatic carbocycles. The molecule has 0 aromatic heterocycles. The van der Waals surface area contributed by atoms with Crippen molar-refractivity contribution in [2.75, 3.05) is 13.7 Å². The zero-order valence-corrected chi connectivity index (χ0v) is 19.2. The number of rotatable bonds is 8. The van der Waals surface area contributed by atoms with Gasteiger partial charge in [-0.15, -0.1) is 0 Å². The fourth-order valence-electron chi connectivity index (χ4n) is 4.42. The Kier molecular flexibility index (Phi) is 7.65. The van der Waals surface area contributed by atoms with Crippen molar-refractivity contribution in [1.29, 1.82) is 0 Å². The summed E-state index contributed by atoms with van der Waals surface area (Å²) in [6, 6.07) is 30.0. The van der Waals surface area contributed by atoms with Gasteiger partial charge in [-0.25, -0.2) is 0 Å². The van der Waals surface area contributed by atoms with Crippen LogP contribution in [0.15, 0.2) is 91.0 Å². The number of hydrogen-bond acceptors (Lipinski definition) is 6. The molecule has 3 aromatic carbocycles. The van der Waals surface area contributed by atoms with Crippen LogP contribution in [-0.2, 0) is 41.6 Å². The van der Waals surface area contributed by atoms with Crippen LogP contribution in [0.1, 0.15) is 23.0 Å². The van der Waals surface area contributed by atoms with E-state index in [1.165, 1.54) is 0 Å². The molecule has 0 saturated carbocycles. The van der Waals surface area contributed by atoms with Crippen LogP contribution < -0.4 is 0 Å². The first-order chi connectivity index (χ1) is 16.8. The van der Waals surface area contributed by atoms with E-state index in [9.17, 15) is 0 Å². The van der Waals surface area contributed by atoms with Gasteiger partial charge < -0.3 is 28.4 Å². The van der Waals surface area contributed by atoms with Gasteiger partial charge in [0, 0.05) is 12.7 Å². The van der Waals surface area contributed by atoms with Crippen molar-refractivity contribution in [2.24, 2.45) is 0 Å². The van der Waals surface area contributed by atoms with Crippen molar-refractivity contribution in [3.8, 4) is 0 Å². The van der Waals surface area contributed by atoms with Gasteiger partial charge in [0.1, 0.15) is 24.4 Å². The van der Waals surface area contributed by atoms with Gasteiger partial charge >= 0.3 is 0 Å². The van der Waals surface area contributed by atoms with E-state index in [4.69, 9.17) is 28.4 Å². The van der Waals surface area contributed by atoms with Gasteiger partial charge in [-0.2, -0.15) is 0 Å². The normalized spacial score (nSPS) is 28.9. The molecule has 6 heteroatoms. The van der Waals surface area contributed by atoms with Gasteiger partial charge in [-0.05, 0) is 11.1 Å². The van der Waals surface area contributed by atoms with E-state index in [1.807, 2.05) is 91.0 Å². The van der Waals surface area contributed by atoms with E-state index >= 15 is 0 Å². The largest absolute Gasteiger partial charge is 0.368 e. The Morgan fingerprint density at radius 3 is 1.85 bits per heavy atom. The molecule has 2 fully saturated rings. The molecular formula is C28H30O6. The number of fused-ring (bicyclic) bond motifs is 1. The number of ether oxygens (including phenoxy) is 6. The van der Waals surface area contributed by atoms with Crippen molar-refractivity contribution in [2.45, 2.75) is 50.2 Å². The number of benzene rings is 3. The highest BCUT2D eigenvalue weighted by molar-refractivity contribution is 5.17. The second-order valence-corrected chi connectivity index (χ2v) is 8.48. The predicted octanol–water partition coefficient (Wildman–Crippen LogP) is 4.64. The van der Waals surface area contributed by atoms with E-state index in [0.717, 1.165) is 16.7 Å². The fraction of sp³-hybridized carbons (Fsp3) is 0.357. The summed E-state index contributed by atoms with van der Waals surface area (Å²) in [6.45, 7) is 1.22. The summed E-state index contributed by atoms with van der Waals surface area (Å²) in [6.07, 6.45) is -2.71. The molecule has 2 aliphatic rings. The number of hydrogen-bond donors (Lipinski definition) is 0. The smallest absolute Gasteiger partial charge is 0.186 e. The lowest BCUT2D eigenvalue weighted by molar-refractivity contribution is -0.369. The zero-order valence-electron chi connectivity index (χ0n) is 19.2. The van der Waals surface area contributed by atoms with Crippen LogP contribution >= 0.6 is 0 Å². The maximum Gasteiger partial charge on any atom is 0.186 e. The molecule has 0 radical (unpaired) electrons. The Morgan fingerprint density at radius 2 is 1.26 bits per heavy atom. The minimum atomic E-state index is -0.605. The van der Waals surface area contributed by atoms with Crippen LogP contribution in [-0.4, -0.2) is 44.4 Å². The molecule has 2 heterocycles. The lowest BCUT2D eigenvalue weighted by Gasteiger charge is -2.48. The summed E-state index contributed by atoms with van der Waals surface area (Å²) in [7, 11) is 1.62. The molecule has 6 nitrogen and oxygen atoms in total. The molecule has 0 bridgehead atoms. The van der Waals surface area contributed by atoms with Crippen LogP contribution in [0, 0.1) is 0 Å². The van der Waals surface area contributed by atoms with Crippen molar-refractivity contribution in [3.63, 3.8) is 0 Å². The average molecular weight is 463 g/mol. The topological polar surface area (TPSA) is 55.4 Å². The monoisotopic (exact) mass is 462 g/mol. The van der Waals surface area contributed by atoms with Crippen LogP contribution in [0.25, 0.3) is 0 Å². The highest BCUT2D eigenvalue weighted by atomic mass is 16.8. The van der Waals surface area contributed by atoms with Gasteiger partial charge in [-0.3, -0.25) is 0 Å². The summed E-state index contributed by atoms with van der Waals surface area (Å²) in [5.41, 5.74) is 3.10. The average Bonchev–Trinajstić information content (AvgIpc) is 2.91. The minimum Gasteiger partial charge on any atom is -0.368 e. The summed E-state index contributed by atoms with van der Waals surface area (Å²) in [5.74, 6) is 0. The molecule has 0 amide bonds. The van der Waals surface area contributed by atoms with Crippen LogP contribution in [0.4, 0.5) is 0 Å². The Balaban J connectivity index is 1.39. The van der Waals surface area contributed by atoms with E-state index in [1.54, 1.807) is 7.11 Å². The summed E-state index contributed by atoms with van der Waals surface area (Å²) in [4.78, 5) is 0. The SMILES string of the molecule is CO[C@H]1O[C@@H]2CO[C@H](c3ccccc3)O[C@H]2[C@H](OCc2ccccc2)[C@H]1OCc1ccccc1. The van der Waals surface area contributed by atoms with Crippen molar-refractivity contribution >= 4 is 0 Å². The fourth-order valence-corrected chi connectivity index (χ4v) is 4.42. The Labute approximate surface area is 200 Å². The molecule has 6 atom stereocenters. The lowest BCUT2D eigenvalue weighted by atomic mass is 9.97. The van der Waals surface area contributed by atoms with E-state index in [0.29, 0.717) is 19.8 Å². The molecule has 0 N–H and O–H groups in total. The molecule has 0 unspecified atom stereocenters. The summed E-state index contributed by atoms with van der Waals surface area (Å²) in [5, 5.41) is 0. The minimum absolute atomic E-state index is 0.331. The maximum absolute atomic E-state index is 6.49. The molecular weight excluding hydrogens is 432 g/mol. The molecule has 34 heavy (non-hydrogen) atoms. The second kappa shape index (κ2) is 11.2. The summed E-state index contributed by atoms with van der Waals surface area (Å²) < 4.78 is 37.2. The first kappa shape index (κ1) is 23.2. The van der Waals surface area contributed by atoms with Gasteiger partial charge in [0.25, 0.3) is 0 Å². The Bertz CT molecular complexity index is 993. The lowest BCUT2D eigenvalue weighted by Crippen LogP contribution is -2.63. The highest BCUT2D eigenvalue weighted by Crippen LogP contribution is 2.37. The Hall–Kier alpha value is -2.58. The second-order valence-electron chi connectivity index (χ2n) is 8.48. The van der Waals surface area contributed by atoms with Crippen LogP contribution in [0.3, 0.4) is 0 Å². The quantitative estimate of drug-likeness (QED) is 0.486. The van der Waals surface area contributed by atoms with Crippen molar-refractivity contribution < 1.29 is 28.4 Å². The van der Waals surface area contributed by atoms with Gasteiger partial charge in [0.05, 0.1) is 19.8 Å². The standard InChI is InChI=1S/C28H30O6/c1-29-28-26(31-18-21-13-7-3-8-14-21)25(30-17-20-11-5-2-6-12-20)24-23(33-28)19-32-27(34-24)22-15-9-4-10-16-22/h2-16,23-28H,17-19H2,1H3/t23-,24-,25+,26-,27+,28+/m1/s1. The molecule has 5 rings (SSSR count). The van der Waals surface area contributed by atoms with Gasteiger partial charge in [0.15, 0.2) is 12.6 Å². The first-order valence-electron chi connectivity index (χ1n) is 11.6. The maximum atomic E-state index is 6.49. The third-order valence-corrected chi connectivity index (χ3v) is 6.16.